The van der Waals surface area contributed by atoms with Crippen LogP contribution in [0, 0.1) is 13.8 Å². The molecule has 0 bridgehead atoms. The third-order valence-corrected chi connectivity index (χ3v) is 4.13. The van der Waals surface area contributed by atoms with E-state index >= 15 is 0 Å². The topological polar surface area (TPSA) is 41.5 Å². The van der Waals surface area contributed by atoms with Crippen molar-refractivity contribution in [3.05, 3.63) is 29.3 Å². The fraction of sp³-hybridized carbons (Fsp3) is 0.625. The molecule has 3 heteroatoms. The highest BCUT2D eigenvalue weighted by Crippen LogP contribution is 2.31. The molecule has 0 aromatic heterocycles. The van der Waals surface area contributed by atoms with Crippen LogP contribution in [0.3, 0.4) is 0 Å². The number of aliphatic hydroxyl groups is 1. The number of aliphatic hydroxyl groups excluding tert-OH is 1. The molecule has 1 aromatic rings. The van der Waals surface area contributed by atoms with Gasteiger partial charge in [0.2, 0.25) is 0 Å². The van der Waals surface area contributed by atoms with Crippen molar-refractivity contribution in [3.63, 3.8) is 0 Å². The SMILES string of the molecule is CNC1(CO)CCCC(Oc2cc(C)cc(C)c2)C1. The predicted octanol–water partition coefficient (Wildman–Crippen LogP) is 2.58. The Bertz CT molecular complexity index is 407. The maximum Gasteiger partial charge on any atom is 0.120 e. The van der Waals surface area contributed by atoms with E-state index in [1.807, 2.05) is 7.05 Å². The van der Waals surface area contributed by atoms with Gasteiger partial charge < -0.3 is 15.2 Å². The lowest BCUT2D eigenvalue weighted by Crippen LogP contribution is -2.52. The average molecular weight is 263 g/mol. The highest BCUT2D eigenvalue weighted by molar-refractivity contribution is 5.33. The quantitative estimate of drug-likeness (QED) is 0.877. The molecular formula is C16H25NO2. The van der Waals surface area contributed by atoms with Crippen molar-refractivity contribution >= 4 is 0 Å². The van der Waals surface area contributed by atoms with Gasteiger partial charge in [-0.1, -0.05) is 6.07 Å². The monoisotopic (exact) mass is 263 g/mol. The van der Waals surface area contributed by atoms with Crippen molar-refractivity contribution < 1.29 is 9.84 Å². The van der Waals surface area contributed by atoms with Crippen LogP contribution >= 0.6 is 0 Å². The van der Waals surface area contributed by atoms with Gasteiger partial charge in [0.15, 0.2) is 0 Å². The number of nitrogens with one attached hydrogen (secondary N) is 1. The van der Waals surface area contributed by atoms with Crippen LogP contribution < -0.4 is 10.1 Å². The van der Waals surface area contributed by atoms with Crippen LogP contribution in [0.15, 0.2) is 18.2 Å². The minimum absolute atomic E-state index is 0.165. The van der Waals surface area contributed by atoms with Crippen molar-refractivity contribution in [2.24, 2.45) is 0 Å². The van der Waals surface area contributed by atoms with Crippen molar-refractivity contribution in [1.82, 2.24) is 5.32 Å². The van der Waals surface area contributed by atoms with Gasteiger partial charge in [-0.05, 0) is 63.4 Å². The van der Waals surface area contributed by atoms with Gasteiger partial charge in [-0.3, -0.25) is 0 Å². The van der Waals surface area contributed by atoms with E-state index in [9.17, 15) is 5.11 Å². The Kier molecular flexibility index (Phi) is 4.48. The molecule has 1 fully saturated rings. The van der Waals surface area contributed by atoms with E-state index in [4.69, 9.17) is 4.74 Å². The van der Waals surface area contributed by atoms with Crippen LogP contribution in [-0.4, -0.2) is 30.4 Å². The number of ether oxygens (including phenoxy) is 1. The molecule has 0 radical (unpaired) electrons. The molecule has 2 unspecified atom stereocenters. The maximum absolute atomic E-state index is 9.60. The predicted molar refractivity (Wildman–Crippen MR) is 77.7 cm³/mol. The van der Waals surface area contributed by atoms with E-state index in [-0.39, 0.29) is 18.2 Å². The highest BCUT2D eigenvalue weighted by Gasteiger charge is 2.35. The van der Waals surface area contributed by atoms with Gasteiger partial charge in [-0.2, -0.15) is 0 Å². The highest BCUT2D eigenvalue weighted by atomic mass is 16.5. The zero-order valence-corrected chi connectivity index (χ0v) is 12.2. The van der Waals surface area contributed by atoms with Gasteiger partial charge in [0.25, 0.3) is 0 Å². The fourth-order valence-electron chi connectivity index (χ4n) is 3.05. The lowest BCUT2D eigenvalue weighted by molar-refractivity contribution is 0.0554. The summed E-state index contributed by atoms with van der Waals surface area (Å²) >= 11 is 0. The van der Waals surface area contributed by atoms with Gasteiger partial charge in [0.05, 0.1) is 6.61 Å². The second kappa shape index (κ2) is 5.93. The van der Waals surface area contributed by atoms with Gasteiger partial charge in [-0.15, -0.1) is 0 Å². The molecule has 0 heterocycles. The fourth-order valence-corrected chi connectivity index (χ4v) is 3.05. The molecule has 0 amide bonds. The Morgan fingerprint density at radius 1 is 1.32 bits per heavy atom. The van der Waals surface area contributed by atoms with Crippen LogP contribution in [0.5, 0.6) is 5.75 Å². The van der Waals surface area contributed by atoms with Crippen LogP contribution in [0.1, 0.15) is 36.8 Å². The lowest BCUT2D eigenvalue weighted by Gasteiger charge is -2.39. The standard InChI is InChI=1S/C16H25NO2/c1-12-7-13(2)9-15(8-12)19-14-5-4-6-16(10-14,11-18)17-3/h7-9,14,17-18H,4-6,10-11H2,1-3H3. The molecule has 1 aliphatic rings. The van der Waals surface area contributed by atoms with Crippen LogP contribution in [0.25, 0.3) is 0 Å². The molecule has 0 saturated heterocycles. The summed E-state index contributed by atoms with van der Waals surface area (Å²) in [7, 11) is 1.93. The number of likely N-dealkylation sites (N-methyl/N-ethyl adjacent to an activating group) is 1. The first-order chi connectivity index (χ1) is 9.07. The number of rotatable bonds is 4. The zero-order chi connectivity index (χ0) is 13.9. The minimum atomic E-state index is -0.165. The van der Waals surface area contributed by atoms with E-state index in [2.05, 4.69) is 37.4 Å². The van der Waals surface area contributed by atoms with Gasteiger partial charge >= 0.3 is 0 Å². The van der Waals surface area contributed by atoms with E-state index in [1.54, 1.807) is 0 Å². The van der Waals surface area contributed by atoms with Crippen molar-refractivity contribution in [2.75, 3.05) is 13.7 Å². The van der Waals surface area contributed by atoms with E-state index in [1.165, 1.54) is 11.1 Å². The van der Waals surface area contributed by atoms with E-state index in [0.717, 1.165) is 31.4 Å². The normalized spacial score (nSPS) is 27.3. The van der Waals surface area contributed by atoms with Crippen molar-refractivity contribution in [3.8, 4) is 5.75 Å². The maximum atomic E-state index is 9.60. The van der Waals surface area contributed by atoms with Crippen LogP contribution in [0.4, 0.5) is 0 Å². The summed E-state index contributed by atoms with van der Waals surface area (Å²) in [6.07, 6.45) is 4.24. The van der Waals surface area contributed by atoms with Crippen LogP contribution in [0.2, 0.25) is 0 Å². The number of benzene rings is 1. The summed E-state index contributed by atoms with van der Waals surface area (Å²) in [5, 5.41) is 12.9. The molecule has 1 aliphatic carbocycles. The number of hydrogen-bond donors (Lipinski definition) is 2. The molecular weight excluding hydrogens is 238 g/mol. The first-order valence-electron chi connectivity index (χ1n) is 7.12. The largest absolute Gasteiger partial charge is 0.490 e. The minimum Gasteiger partial charge on any atom is -0.490 e. The molecule has 2 N–H and O–H groups in total. The van der Waals surface area contributed by atoms with Gasteiger partial charge in [0, 0.05) is 12.0 Å². The Morgan fingerprint density at radius 3 is 2.58 bits per heavy atom. The number of hydrogen-bond acceptors (Lipinski definition) is 3. The molecule has 0 aliphatic heterocycles. The molecule has 2 atom stereocenters. The second-order valence-electron chi connectivity index (χ2n) is 5.85. The van der Waals surface area contributed by atoms with Crippen LogP contribution in [-0.2, 0) is 0 Å². The number of aryl methyl sites for hydroxylation is 2. The average Bonchev–Trinajstić information content (AvgIpc) is 2.37. The smallest absolute Gasteiger partial charge is 0.120 e. The van der Waals surface area contributed by atoms with E-state index in [0.29, 0.717) is 0 Å². The molecule has 0 spiro atoms. The van der Waals surface area contributed by atoms with Gasteiger partial charge in [0.1, 0.15) is 11.9 Å². The summed E-state index contributed by atoms with van der Waals surface area (Å²) in [6.45, 7) is 4.36. The van der Waals surface area contributed by atoms with Crippen molar-refractivity contribution in [2.45, 2.75) is 51.2 Å². The Hall–Kier alpha value is -1.06. The first-order valence-corrected chi connectivity index (χ1v) is 7.12. The summed E-state index contributed by atoms with van der Waals surface area (Å²) in [4.78, 5) is 0. The third-order valence-electron chi connectivity index (χ3n) is 4.13. The second-order valence-corrected chi connectivity index (χ2v) is 5.85. The Morgan fingerprint density at radius 2 is 2.00 bits per heavy atom. The Balaban J connectivity index is 2.06. The summed E-state index contributed by atoms with van der Waals surface area (Å²) in [5.74, 6) is 0.951. The van der Waals surface area contributed by atoms with E-state index < -0.39 is 0 Å². The van der Waals surface area contributed by atoms with Crippen molar-refractivity contribution in [1.29, 1.82) is 0 Å². The summed E-state index contributed by atoms with van der Waals surface area (Å²) in [6, 6.07) is 6.32. The third kappa shape index (κ3) is 3.48. The zero-order valence-electron chi connectivity index (χ0n) is 12.2. The molecule has 1 saturated carbocycles. The lowest BCUT2D eigenvalue weighted by atomic mass is 9.80. The summed E-state index contributed by atoms with van der Waals surface area (Å²) < 4.78 is 6.12. The first kappa shape index (κ1) is 14.4. The summed E-state index contributed by atoms with van der Waals surface area (Å²) in [5.41, 5.74) is 2.29. The molecule has 1 aromatic carbocycles. The molecule has 106 valence electrons. The molecule has 3 nitrogen and oxygen atoms in total. The molecule has 19 heavy (non-hydrogen) atoms. The van der Waals surface area contributed by atoms with Gasteiger partial charge in [-0.25, -0.2) is 0 Å². The Labute approximate surface area is 116 Å². The molecule has 2 rings (SSSR count).